The first-order chi connectivity index (χ1) is 12.7. The van der Waals surface area contributed by atoms with Crippen LogP contribution in [0.5, 0.6) is 0 Å². The van der Waals surface area contributed by atoms with Crippen LogP contribution in [0.3, 0.4) is 0 Å². The molecule has 27 heavy (non-hydrogen) atoms. The average molecular weight is 491 g/mol. The molecule has 1 N–H and O–H groups in total. The molecule has 2 fully saturated rings. The summed E-state index contributed by atoms with van der Waals surface area (Å²) in [4.78, 5) is 6.72. The topological polar surface area (TPSA) is 46.1 Å². The Balaban J connectivity index is 0.00000261. The van der Waals surface area contributed by atoms with Crippen molar-refractivity contribution in [2.24, 2.45) is 4.99 Å². The lowest BCUT2D eigenvalue weighted by Crippen LogP contribution is -2.47. The van der Waals surface area contributed by atoms with Gasteiger partial charge in [-0.25, -0.2) is 4.39 Å². The van der Waals surface area contributed by atoms with E-state index in [2.05, 4.69) is 15.2 Å². The van der Waals surface area contributed by atoms with E-state index >= 15 is 0 Å². The summed E-state index contributed by atoms with van der Waals surface area (Å²) in [6.45, 7) is 3.38. The molecule has 152 valence electrons. The van der Waals surface area contributed by atoms with Crippen molar-refractivity contribution in [3.05, 3.63) is 35.6 Å². The molecule has 1 saturated carbocycles. The number of aliphatic imine (C=N–C) groups is 1. The Morgan fingerprint density at radius 1 is 1.26 bits per heavy atom. The van der Waals surface area contributed by atoms with Crippen LogP contribution in [0.25, 0.3) is 0 Å². The zero-order valence-corrected chi connectivity index (χ0v) is 18.5. The number of methoxy groups -OCH3 is 1. The molecule has 1 aromatic rings. The quantitative estimate of drug-likeness (QED) is 0.275. The number of guanidine groups is 1. The zero-order chi connectivity index (χ0) is 18.4. The van der Waals surface area contributed by atoms with Crippen molar-refractivity contribution in [1.82, 2.24) is 10.2 Å². The van der Waals surface area contributed by atoms with E-state index in [0.717, 1.165) is 63.5 Å². The Morgan fingerprint density at radius 2 is 2.00 bits per heavy atom. The number of nitrogens with zero attached hydrogens (tertiary/aromatic N) is 2. The van der Waals surface area contributed by atoms with Gasteiger partial charge in [0.15, 0.2) is 5.96 Å². The molecule has 1 aliphatic heterocycles. The van der Waals surface area contributed by atoms with Crippen molar-refractivity contribution in [2.75, 3.05) is 40.5 Å². The van der Waals surface area contributed by atoms with E-state index in [9.17, 15) is 4.39 Å². The first kappa shape index (κ1) is 22.4. The molecule has 7 heteroatoms. The largest absolute Gasteiger partial charge is 0.385 e. The van der Waals surface area contributed by atoms with Gasteiger partial charge in [-0.05, 0) is 37.3 Å². The summed E-state index contributed by atoms with van der Waals surface area (Å²) in [6, 6.07) is 7.34. The van der Waals surface area contributed by atoms with Gasteiger partial charge in [-0.15, -0.1) is 24.0 Å². The van der Waals surface area contributed by atoms with E-state index in [1.54, 1.807) is 13.2 Å². The van der Waals surface area contributed by atoms with Crippen LogP contribution in [0.1, 0.15) is 37.2 Å². The number of halogens is 2. The summed E-state index contributed by atoms with van der Waals surface area (Å²) in [7, 11) is 3.53. The predicted octanol–water partition coefficient (Wildman–Crippen LogP) is 3.39. The second-order valence-electron chi connectivity index (χ2n) is 7.07. The van der Waals surface area contributed by atoms with E-state index in [1.165, 1.54) is 6.07 Å². The van der Waals surface area contributed by atoms with Gasteiger partial charge in [-0.2, -0.15) is 0 Å². The highest BCUT2D eigenvalue weighted by Gasteiger charge is 2.41. The van der Waals surface area contributed by atoms with Crippen molar-refractivity contribution in [1.29, 1.82) is 0 Å². The maximum absolute atomic E-state index is 13.9. The first-order valence-corrected chi connectivity index (χ1v) is 9.56. The van der Waals surface area contributed by atoms with Gasteiger partial charge in [-0.1, -0.05) is 18.2 Å². The van der Waals surface area contributed by atoms with Crippen LogP contribution in [0.4, 0.5) is 4.39 Å². The maximum Gasteiger partial charge on any atom is 0.193 e. The number of likely N-dealkylation sites (tertiary alicyclic amines) is 1. The van der Waals surface area contributed by atoms with Gasteiger partial charge in [0.25, 0.3) is 0 Å². The minimum absolute atomic E-state index is 0. The van der Waals surface area contributed by atoms with Gasteiger partial charge < -0.3 is 19.7 Å². The number of piperidine rings is 1. The van der Waals surface area contributed by atoms with Crippen molar-refractivity contribution >= 4 is 29.9 Å². The Hall–Kier alpha value is -0.930. The number of ether oxygens (including phenoxy) is 2. The summed E-state index contributed by atoms with van der Waals surface area (Å²) in [6.07, 6.45) is 4.25. The third-order valence-electron chi connectivity index (χ3n) is 5.21. The van der Waals surface area contributed by atoms with E-state index in [1.807, 2.05) is 19.2 Å². The van der Waals surface area contributed by atoms with Crippen LogP contribution in [0.15, 0.2) is 29.3 Å². The number of nitrogens with one attached hydrogen (secondary N) is 1. The molecule has 2 aliphatic rings. The minimum atomic E-state index is -0.108. The van der Waals surface area contributed by atoms with Gasteiger partial charge in [0.1, 0.15) is 5.82 Å². The summed E-state index contributed by atoms with van der Waals surface area (Å²) < 4.78 is 24.9. The maximum atomic E-state index is 13.9. The van der Waals surface area contributed by atoms with Crippen LogP contribution >= 0.6 is 24.0 Å². The molecule has 1 heterocycles. The molecule has 0 bridgehead atoms. The molecule has 0 radical (unpaired) electrons. The van der Waals surface area contributed by atoms with Gasteiger partial charge in [0, 0.05) is 52.4 Å². The number of hydrogen-bond donors (Lipinski definition) is 1. The SMILES string of the molecule is CN=C(NC1CC1c1ccccc1F)N1CCC(OCCCOC)CC1.I. The van der Waals surface area contributed by atoms with Crippen molar-refractivity contribution in [3.8, 4) is 0 Å². The third-order valence-corrected chi connectivity index (χ3v) is 5.21. The Morgan fingerprint density at radius 3 is 2.67 bits per heavy atom. The van der Waals surface area contributed by atoms with E-state index in [-0.39, 0.29) is 41.8 Å². The van der Waals surface area contributed by atoms with Gasteiger partial charge in [0.2, 0.25) is 0 Å². The van der Waals surface area contributed by atoms with Crippen molar-refractivity contribution in [3.63, 3.8) is 0 Å². The highest BCUT2D eigenvalue weighted by molar-refractivity contribution is 14.0. The average Bonchev–Trinajstić information content (AvgIpc) is 3.43. The molecular formula is C20H31FIN3O2. The lowest BCUT2D eigenvalue weighted by molar-refractivity contribution is 0.00989. The molecule has 0 spiro atoms. The van der Waals surface area contributed by atoms with Crippen molar-refractivity contribution < 1.29 is 13.9 Å². The van der Waals surface area contributed by atoms with Crippen LogP contribution in [0.2, 0.25) is 0 Å². The van der Waals surface area contributed by atoms with Gasteiger partial charge >= 0.3 is 0 Å². The molecule has 3 rings (SSSR count). The fourth-order valence-electron chi connectivity index (χ4n) is 3.62. The summed E-state index contributed by atoms with van der Waals surface area (Å²) in [5.41, 5.74) is 0.809. The normalized spacial score (nSPS) is 23.1. The zero-order valence-electron chi connectivity index (χ0n) is 16.2. The van der Waals surface area contributed by atoms with Crippen LogP contribution in [-0.4, -0.2) is 63.5 Å². The summed E-state index contributed by atoms with van der Waals surface area (Å²) >= 11 is 0. The highest BCUT2D eigenvalue weighted by Crippen LogP contribution is 2.41. The Labute approximate surface area is 178 Å². The number of benzene rings is 1. The lowest BCUT2D eigenvalue weighted by atomic mass is 10.1. The molecule has 1 aliphatic carbocycles. The fraction of sp³-hybridized carbons (Fsp3) is 0.650. The van der Waals surface area contributed by atoms with Crippen LogP contribution < -0.4 is 5.32 Å². The number of rotatable bonds is 7. The molecule has 1 saturated heterocycles. The van der Waals surface area contributed by atoms with E-state index in [4.69, 9.17) is 9.47 Å². The third kappa shape index (κ3) is 6.29. The Bertz CT molecular complexity index is 609. The second-order valence-corrected chi connectivity index (χ2v) is 7.07. The summed E-state index contributed by atoms with van der Waals surface area (Å²) in [5.74, 6) is 1.06. The summed E-state index contributed by atoms with van der Waals surface area (Å²) in [5, 5.41) is 3.51. The second kappa shape index (κ2) is 11.2. The first-order valence-electron chi connectivity index (χ1n) is 9.56. The van der Waals surface area contributed by atoms with E-state index < -0.39 is 0 Å². The minimum Gasteiger partial charge on any atom is -0.385 e. The predicted molar refractivity (Wildman–Crippen MR) is 116 cm³/mol. The van der Waals surface area contributed by atoms with Gasteiger partial charge in [0.05, 0.1) is 6.10 Å². The van der Waals surface area contributed by atoms with Crippen LogP contribution in [0, 0.1) is 5.82 Å². The highest BCUT2D eigenvalue weighted by atomic mass is 127. The molecular weight excluding hydrogens is 460 g/mol. The van der Waals surface area contributed by atoms with E-state index in [0.29, 0.717) is 6.10 Å². The molecule has 2 unspecified atom stereocenters. The van der Waals surface area contributed by atoms with Crippen molar-refractivity contribution in [2.45, 2.75) is 43.7 Å². The molecule has 2 atom stereocenters. The standard InChI is InChI=1S/C20H30FN3O2.HI/c1-22-20(23-19-14-17(19)16-6-3-4-7-18(16)21)24-10-8-15(9-11-24)26-13-5-12-25-2;/h3-4,6-7,15,17,19H,5,8-14H2,1-2H3,(H,22,23);1H. The monoisotopic (exact) mass is 491 g/mol. The Kier molecular flexibility index (Phi) is 9.25. The molecule has 0 aromatic heterocycles. The smallest absolute Gasteiger partial charge is 0.193 e. The fourth-order valence-corrected chi connectivity index (χ4v) is 3.62. The molecule has 5 nitrogen and oxygen atoms in total. The van der Waals surface area contributed by atoms with Gasteiger partial charge in [-0.3, -0.25) is 4.99 Å². The molecule has 1 aromatic carbocycles. The molecule has 0 amide bonds. The number of hydrogen-bond acceptors (Lipinski definition) is 3. The lowest BCUT2D eigenvalue weighted by Gasteiger charge is -2.34. The van der Waals surface area contributed by atoms with Crippen LogP contribution in [-0.2, 0) is 9.47 Å².